The van der Waals surface area contributed by atoms with Crippen molar-refractivity contribution in [1.82, 2.24) is 0 Å². The Hall–Kier alpha value is -1.36. The van der Waals surface area contributed by atoms with E-state index >= 15 is 0 Å². The fourth-order valence-electron chi connectivity index (χ4n) is 4.49. The van der Waals surface area contributed by atoms with Crippen LogP contribution in [0.1, 0.15) is 168 Å². The van der Waals surface area contributed by atoms with Gasteiger partial charge in [-0.05, 0) is 38.5 Å². The first-order valence-electron chi connectivity index (χ1n) is 16.2. The maximum Gasteiger partial charge on any atom is 0.305 e. The van der Waals surface area contributed by atoms with Crippen molar-refractivity contribution in [3.05, 3.63) is 12.2 Å². The Bertz CT molecular complexity index is 546. The summed E-state index contributed by atoms with van der Waals surface area (Å²) in [5, 5.41) is 9.92. The molecule has 0 saturated heterocycles. The van der Waals surface area contributed by atoms with Gasteiger partial charge in [0.1, 0.15) is 19.3 Å². The standard InChI is InChI=1S/C33H62O5/c1-3-5-7-9-11-13-14-15-16-17-18-20-22-24-26-28-33(36)38-30-31(34)29-37-32(35)27-25-23-21-19-12-10-8-6-4-2/h15-16,31,34H,3-14,17-30H2,1-2H3/b16-15-. The molecule has 0 aliphatic rings. The molecule has 0 aromatic carbocycles. The molecule has 0 rings (SSSR count). The Labute approximate surface area is 235 Å². The summed E-state index contributed by atoms with van der Waals surface area (Å²) in [7, 11) is 0. The predicted molar refractivity (Wildman–Crippen MR) is 159 cm³/mol. The highest BCUT2D eigenvalue weighted by Gasteiger charge is 2.12. The van der Waals surface area contributed by atoms with Crippen molar-refractivity contribution >= 4 is 11.9 Å². The number of allylic oxidation sites excluding steroid dienone is 2. The van der Waals surface area contributed by atoms with Gasteiger partial charge in [-0.3, -0.25) is 9.59 Å². The summed E-state index contributed by atoms with van der Waals surface area (Å²) < 4.78 is 10.2. The van der Waals surface area contributed by atoms with Gasteiger partial charge in [0.05, 0.1) is 0 Å². The molecule has 5 nitrogen and oxygen atoms in total. The molecule has 0 radical (unpaired) electrons. The minimum absolute atomic E-state index is 0.114. The van der Waals surface area contributed by atoms with E-state index in [2.05, 4.69) is 26.0 Å². The number of carbonyl (C=O) groups is 2. The van der Waals surface area contributed by atoms with E-state index in [1.165, 1.54) is 96.3 Å². The first-order valence-corrected chi connectivity index (χ1v) is 16.2. The highest BCUT2D eigenvalue weighted by Crippen LogP contribution is 2.12. The van der Waals surface area contributed by atoms with Crippen LogP contribution in [0, 0.1) is 0 Å². The first kappa shape index (κ1) is 36.6. The third kappa shape index (κ3) is 29.2. The molecule has 0 aliphatic heterocycles. The average Bonchev–Trinajstić information content (AvgIpc) is 2.92. The van der Waals surface area contributed by atoms with Crippen LogP contribution in [-0.2, 0) is 19.1 Å². The van der Waals surface area contributed by atoms with Crippen molar-refractivity contribution in [2.24, 2.45) is 0 Å². The fraction of sp³-hybridized carbons (Fsp3) is 0.879. The molecule has 1 atom stereocenters. The van der Waals surface area contributed by atoms with E-state index in [-0.39, 0.29) is 25.2 Å². The normalized spacial score (nSPS) is 12.2. The highest BCUT2D eigenvalue weighted by molar-refractivity contribution is 5.69. The molecule has 0 saturated carbocycles. The fourth-order valence-corrected chi connectivity index (χ4v) is 4.49. The Morgan fingerprint density at radius 3 is 1.21 bits per heavy atom. The lowest BCUT2D eigenvalue weighted by molar-refractivity contribution is -0.152. The molecule has 0 heterocycles. The SMILES string of the molecule is CCCCCCCC/C=C\CCCCCCCC(=O)OCC(O)COC(=O)CCCCCCCCCCC. The molecule has 0 fully saturated rings. The zero-order valence-electron chi connectivity index (χ0n) is 25.2. The molecule has 0 spiro atoms. The summed E-state index contributed by atoms with van der Waals surface area (Å²) in [4.78, 5) is 23.7. The number of carbonyl (C=O) groups excluding carboxylic acids is 2. The van der Waals surface area contributed by atoms with Crippen LogP contribution in [0.4, 0.5) is 0 Å². The van der Waals surface area contributed by atoms with Crippen molar-refractivity contribution in [2.75, 3.05) is 13.2 Å². The Morgan fingerprint density at radius 2 is 0.842 bits per heavy atom. The maximum atomic E-state index is 11.9. The van der Waals surface area contributed by atoms with E-state index in [1.807, 2.05) is 0 Å². The molecule has 224 valence electrons. The second-order valence-electron chi connectivity index (χ2n) is 10.9. The summed E-state index contributed by atoms with van der Waals surface area (Å²) in [5.41, 5.74) is 0. The third-order valence-corrected chi connectivity index (χ3v) is 7.00. The summed E-state index contributed by atoms with van der Waals surface area (Å²) in [6.07, 6.45) is 31.1. The number of hydrogen-bond acceptors (Lipinski definition) is 5. The lowest BCUT2D eigenvalue weighted by Gasteiger charge is -2.12. The predicted octanol–water partition coefficient (Wildman–Crippen LogP) is 9.39. The summed E-state index contributed by atoms with van der Waals surface area (Å²) in [6.45, 7) is 4.25. The van der Waals surface area contributed by atoms with Crippen LogP contribution >= 0.6 is 0 Å². The van der Waals surface area contributed by atoms with Crippen LogP contribution in [0.15, 0.2) is 12.2 Å². The summed E-state index contributed by atoms with van der Waals surface area (Å²) >= 11 is 0. The van der Waals surface area contributed by atoms with Gasteiger partial charge in [-0.1, -0.05) is 129 Å². The molecule has 0 aromatic heterocycles. The van der Waals surface area contributed by atoms with Crippen LogP contribution < -0.4 is 0 Å². The second kappa shape index (κ2) is 30.2. The first-order chi connectivity index (χ1) is 18.6. The van der Waals surface area contributed by atoms with Crippen LogP contribution in [0.2, 0.25) is 0 Å². The topological polar surface area (TPSA) is 72.8 Å². The molecule has 1 unspecified atom stereocenters. The van der Waals surface area contributed by atoms with Gasteiger partial charge in [-0.2, -0.15) is 0 Å². The van der Waals surface area contributed by atoms with Crippen molar-refractivity contribution in [2.45, 2.75) is 174 Å². The largest absolute Gasteiger partial charge is 0.463 e. The molecule has 5 heteroatoms. The Balaban J connectivity index is 3.44. The lowest BCUT2D eigenvalue weighted by atomic mass is 10.1. The molecule has 0 amide bonds. The Kier molecular flexibility index (Phi) is 29.1. The molecular formula is C33H62O5. The molecule has 38 heavy (non-hydrogen) atoms. The summed E-state index contributed by atoms with van der Waals surface area (Å²) in [6, 6.07) is 0. The van der Waals surface area contributed by atoms with Gasteiger partial charge in [0.15, 0.2) is 0 Å². The number of ether oxygens (including phenoxy) is 2. The van der Waals surface area contributed by atoms with E-state index in [1.54, 1.807) is 0 Å². The monoisotopic (exact) mass is 538 g/mol. The smallest absolute Gasteiger partial charge is 0.305 e. The maximum absolute atomic E-state index is 11.9. The van der Waals surface area contributed by atoms with E-state index in [4.69, 9.17) is 9.47 Å². The zero-order valence-corrected chi connectivity index (χ0v) is 25.2. The number of esters is 2. The number of rotatable bonds is 29. The molecule has 1 N–H and O–H groups in total. The lowest BCUT2D eigenvalue weighted by Crippen LogP contribution is -2.25. The van der Waals surface area contributed by atoms with E-state index < -0.39 is 6.10 Å². The van der Waals surface area contributed by atoms with Crippen molar-refractivity contribution in [3.63, 3.8) is 0 Å². The quantitative estimate of drug-likeness (QED) is 0.0583. The minimum Gasteiger partial charge on any atom is -0.463 e. The van der Waals surface area contributed by atoms with Crippen molar-refractivity contribution in [3.8, 4) is 0 Å². The minimum atomic E-state index is -0.958. The second-order valence-corrected chi connectivity index (χ2v) is 10.9. The van der Waals surface area contributed by atoms with Crippen LogP contribution in [0.3, 0.4) is 0 Å². The zero-order chi connectivity index (χ0) is 27.9. The van der Waals surface area contributed by atoms with Gasteiger partial charge < -0.3 is 14.6 Å². The molecule has 0 aliphatic carbocycles. The van der Waals surface area contributed by atoms with Gasteiger partial charge in [-0.25, -0.2) is 0 Å². The number of aliphatic hydroxyl groups is 1. The number of aliphatic hydroxyl groups excluding tert-OH is 1. The van der Waals surface area contributed by atoms with Crippen molar-refractivity contribution < 1.29 is 24.2 Å². The average molecular weight is 539 g/mol. The van der Waals surface area contributed by atoms with Gasteiger partial charge in [0.2, 0.25) is 0 Å². The van der Waals surface area contributed by atoms with Gasteiger partial charge in [0, 0.05) is 12.8 Å². The van der Waals surface area contributed by atoms with E-state index in [0.717, 1.165) is 44.9 Å². The highest BCUT2D eigenvalue weighted by atomic mass is 16.6. The van der Waals surface area contributed by atoms with Gasteiger partial charge >= 0.3 is 11.9 Å². The van der Waals surface area contributed by atoms with E-state index in [0.29, 0.717) is 12.8 Å². The van der Waals surface area contributed by atoms with Crippen LogP contribution in [0.5, 0.6) is 0 Å². The summed E-state index contributed by atoms with van der Waals surface area (Å²) in [5.74, 6) is -0.575. The van der Waals surface area contributed by atoms with Gasteiger partial charge in [-0.15, -0.1) is 0 Å². The third-order valence-electron chi connectivity index (χ3n) is 7.00. The van der Waals surface area contributed by atoms with Crippen LogP contribution in [-0.4, -0.2) is 36.4 Å². The van der Waals surface area contributed by atoms with Crippen LogP contribution in [0.25, 0.3) is 0 Å². The number of unbranched alkanes of at least 4 members (excludes halogenated alkanes) is 19. The molecular weight excluding hydrogens is 476 g/mol. The number of hydrogen-bond donors (Lipinski definition) is 1. The molecule has 0 aromatic rings. The Morgan fingerprint density at radius 1 is 0.526 bits per heavy atom. The van der Waals surface area contributed by atoms with Gasteiger partial charge in [0.25, 0.3) is 0 Å². The van der Waals surface area contributed by atoms with E-state index in [9.17, 15) is 14.7 Å². The molecule has 0 bridgehead atoms. The van der Waals surface area contributed by atoms with Crippen molar-refractivity contribution in [1.29, 1.82) is 0 Å².